The number of aryl methyl sites for hydroxylation is 2. The van der Waals surface area contributed by atoms with Crippen molar-refractivity contribution in [2.45, 2.75) is 31.7 Å². The second kappa shape index (κ2) is 7.99. The van der Waals surface area contributed by atoms with Crippen LogP contribution in [0.25, 0.3) is 0 Å². The number of halogens is 1. The highest BCUT2D eigenvalue weighted by molar-refractivity contribution is 7.99. The molecule has 1 amide bonds. The molecule has 116 valence electrons. The molecule has 4 heteroatoms. The zero-order valence-corrected chi connectivity index (χ0v) is 13.7. The molecule has 0 aliphatic heterocycles. The van der Waals surface area contributed by atoms with E-state index in [-0.39, 0.29) is 11.7 Å². The Morgan fingerprint density at radius 1 is 1.14 bits per heavy atom. The normalized spacial score (nSPS) is 10.5. The first kappa shape index (κ1) is 16.6. The summed E-state index contributed by atoms with van der Waals surface area (Å²) in [5, 5.41) is 2.82. The van der Waals surface area contributed by atoms with Gasteiger partial charge in [-0.2, -0.15) is 0 Å². The van der Waals surface area contributed by atoms with Crippen LogP contribution in [0.3, 0.4) is 0 Å². The zero-order chi connectivity index (χ0) is 15.9. The predicted octanol–water partition coefficient (Wildman–Crippen LogP) is 4.24. The standard InChI is InChI=1S/C18H20FNOS/c1-13-3-7-16(8-4-13)22-10-9-18(21)20-12-15-6-5-14(2)17(19)11-15/h3-8,11H,9-10,12H2,1-2H3,(H,20,21). The fourth-order valence-corrected chi connectivity index (χ4v) is 2.78. The van der Waals surface area contributed by atoms with Gasteiger partial charge in [0.15, 0.2) is 0 Å². The van der Waals surface area contributed by atoms with Gasteiger partial charge in [0.1, 0.15) is 5.82 Å². The molecule has 2 aromatic rings. The van der Waals surface area contributed by atoms with Crippen LogP contribution in [0.2, 0.25) is 0 Å². The smallest absolute Gasteiger partial charge is 0.221 e. The van der Waals surface area contributed by atoms with E-state index in [0.717, 1.165) is 11.3 Å². The summed E-state index contributed by atoms with van der Waals surface area (Å²) in [7, 11) is 0. The number of carbonyl (C=O) groups is 1. The predicted molar refractivity (Wildman–Crippen MR) is 89.5 cm³/mol. The molecule has 0 bridgehead atoms. The van der Waals surface area contributed by atoms with Gasteiger partial charge < -0.3 is 5.32 Å². The maximum atomic E-state index is 13.4. The van der Waals surface area contributed by atoms with Gasteiger partial charge in [0.2, 0.25) is 5.91 Å². The summed E-state index contributed by atoms with van der Waals surface area (Å²) in [6, 6.07) is 13.3. The molecule has 0 saturated heterocycles. The summed E-state index contributed by atoms with van der Waals surface area (Å²) in [6.45, 7) is 4.14. The number of carbonyl (C=O) groups excluding carboxylic acids is 1. The Hall–Kier alpha value is -1.81. The SMILES string of the molecule is Cc1ccc(SCCC(=O)NCc2ccc(C)c(F)c2)cc1. The maximum absolute atomic E-state index is 13.4. The van der Waals surface area contributed by atoms with E-state index in [4.69, 9.17) is 0 Å². The average molecular weight is 317 g/mol. The summed E-state index contributed by atoms with van der Waals surface area (Å²) in [4.78, 5) is 13.0. The van der Waals surface area contributed by atoms with Crippen molar-refractivity contribution in [3.8, 4) is 0 Å². The van der Waals surface area contributed by atoms with Crippen LogP contribution in [-0.2, 0) is 11.3 Å². The quantitative estimate of drug-likeness (QED) is 0.807. The largest absolute Gasteiger partial charge is 0.352 e. The molecule has 2 aromatic carbocycles. The third-order valence-electron chi connectivity index (χ3n) is 3.34. The fourth-order valence-electron chi connectivity index (χ4n) is 1.93. The Labute approximate surface area is 135 Å². The van der Waals surface area contributed by atoms with Crippen LogP contribution in [-0.4, -0.2) is 11.7 Å². The lowest BCUT2D eigenvalue weighted by atomic mass is 10.1. The lowest BCUT2D eigenvalue weighted by Crippen LogP contribution is -2.23. The molecule has 2 rings (SSSR count). The van der Waals surface area contributed by atoms with E-state index in [0.29, 0.717) is 18.5 Å². The first-order valence-electron chi connectivity index (χ1n) is 7.26. The van der Waals surface area contributed by atoms with Crippen LogP contribution in [0.5, 0.6) is 0 Å². The summed E-state index contributed by atoms with van der Waals surface area (Å²) in [6.07, 6.45) is 0.451. The van der Waals surface area contributed by atoms with E-state index < -0.39 is 0 Å². The topological polar surface area (TPSA) is 29.1 Å². The van der Waals surface area contributed by atoms with Crippen molar-refractivity contribution in [1.82, 2.24) is 5.32 Å². The molecule has 22 heavy (non-hydrogen) atoms. The summed E-state index contributed by atoms with van der Waals surface area (Å²) >= 11 is 1.66. The van der Waals surface area contributed by atoms with Crippen LogP contribution < -0.4 is 5.32 Å². The van der Waals surface area contributed by atoms with Crippen LogP contribution in [0, 0.1) is 19.7 Å². The van der Waals surface area contributed by atoms with Gasteiger partial charge in [-0.3, -0.25) is 4.79 Å². The van der Waals surface area contributed by atoms with Gasteiger partial charge in [-0.05, 0) is 43.2 Å². The van der Waals surface area contributed by atoms with Gasteiger partial charge in [-0.1, -0.05) is 29.8 Å². The zero-order valence-electron chi connectivity index (χ0n) is 12.9. The second-order valence-corrected chi connectivity index (χ2v) is 6.44. The Kier molecular flexibility index (Phi) is 6.01. The Morgan fingerprint density at radius 3 is 2.55 bits per heavy atom. The molecule has 0 fully saturated rings. The Bertz CT molecular complexity index is 640. The summed E-state index contributed by atoms with van der Waals surface area (Å²) in [5.41, 5.74) is 2.62. The first-order valence-corrected chi connectivity index (χ1v) is 8.24. The maximum Gasteiger partial charge on any atom is 0.221 e. The average Bonchev–Trinajstić information content (AvgIpc) is 2.50. The number of nitrogens with one attached hydrogen (secondary N) is 1. The molecule has 0 unspecified atom stereocenters. The summed E-state index contributed by atoms with van der Waals surface area (Å²) in [5.74, 6) is 0.485. The minimum absolute atomic E-state index is 0.0133. The summed E-state index contributed by atoms with van der Waals surface area (Å²) < 4.78 is 13.4. The van der Waals surface area contributed by atoms with Gasteiger partial charge in [-0.15, -0.1) is 11.8 Å². The molecule has 0 saturated carbocycles. The first-order chi connectivity index (χ1) is 10.5. The van der Waals surface area contributed by atoms with E-state index in [1.807, 2.05) is 6.07 Å². The molecule has 0 aliphatic carbocycles. The Balaban J connectivity index is 1.71. The van der Waals surface area contributed by atoms with Crippen LogP contribution in [0.1, 0.15) is 23.1 Å². The molecule has 0 atom stereocenters. The molecule has 0 heterocycles. The number of rotatable bonds is 6. The molecular weight excluding hydrogens is 297 g/mol. The number of hydrogen-bond donors (Lipinski definition) is 1. The van der Waals surface area contributed by atoms with Gasteiger partial charge in [0.05, 0.1) is 0 Å². The highest BCUT2D eigenvalue weighted by atomic mass is 32.2. The third kappa shape index (κ3) is 5.19. The molecule has 0 radical (unpaired) electrons. The van der Waals surface area contributed by atoms with Gasteiger partial charge in [0.25, 0.3) is 0 Å². The van der Waals surface area contributed by atoms with E-state index in [1.54, 1.807) is 24.8 Å². The number of benzene rings is 2. The minimum Gasteiger partial charge on any atom is -0.352 e. The van der Waals surface area contributed by atoms with Gasteiger partial charge in [0, 0.05) is 23.6 Å². The van der Waals surface area contributed by atoms with Crippen molar-refractivity contribution in [3.05, 3.63) is 65.0 Å². The number of thioether (sulfide) groups is 1. The third-order valence-corrected chi connectivity index (χ3v) is 4.36. The molecule has 0 aliphatic rings. The van der Waals surface area contributed by atoms with Crippen LogP contribution in [0.15, 0.2) is 47.4 Å². The lowest BCUT2D eigenvalue weighted by Gasteiger charge is -2.07. The molecule has 2 nitrogen and oxygen atoms in total. The monoisotopic (exact) mass is 317 g/mol. The lowest BCUT2D eigenvalue weighted by molar-refractivity contribution is -0.120. The highest BCUT2D eigenvalue weighted by Gasteiger charge is 2.04. The number of hydrogen-bond acceptors (Lipinski definition) is 2. The van der Waals surface area contributed by atoms with Crippen LogP contribution in [0.4, 0.5) is 4.39 Å². The second-order valence-electron chi connectivity index (χ2n) is 5.27. The van der Waals surface area contributed by atoms with E-state index >= 15 is 0 Å². The van der Waals surface area contributed by atoms with Crippen molar-refractivity contribution < 1.29 is 9.18 Å². The highest BCUT2D eigenvalue weighted by Crippen LogP contribution is 2.19. The van der Waals surface area contributed by atoms with Gasteiger partial charge >= 0.3 is 0 Å². The van der Waals surface area contributed by atoms with Gasteiger partial charge in [-0.25, -0.2) is 4.39 Å². The number of amides is 1. The molecule has 0 spiro atoms. The van der Waals surface area contributed by atoms with Crippen LogP contribution >= 0.6 is 11.8 Å². The van der Waals surface area contributed by atoms with Crippen molar-refractivity contribution in [2.24, 2.45) is 0 Å². The minimum atomic E-state index is -0.235. The van der Waals surface area contributed by atoms with E-state index in [2.05, 4.69) is 36.5 Å². The van der Waals surface area contributed by atoms with E-state index in [1.165, 1.54) is 16.5 Å². The van der Waals surface area contributed by atoms with Crippen molar-refractivity contribution in [1.29, 1.82) is 0 Å². The molecular formula is C18H20FNOS. The van der Waals surface area contributed by atoms with E-state index in [9.17, 15) is 9.18 Å². The Morgan fingerprint density at radius 2 is 1.86 bits per heavy atom. The van der Waals surface area contributed by atoms with Crippen molar-refractivity contribution >= 4 is 17.7 Å². The van der Waals surface area contributed by atoms with Crippen molar-refractivity contribution in [2.75, 3.05) is 5.75 Å². The molecule has 0 aromatic heterocycles. The molecule has 1 N–H and O–H groups in total. The van der Waals surface area contributed by atoms with Crippen molar-refractivity contribution in [3.63, 3.8) is 0 Å². The fraction of sp³-hybridized carbons (Fsp3) is 0.278.